The number of H-pyrrole nitrogens is 1. The van der Waals surface area contributed by atoms with Crippen LogP contribution in [0.15, 0.2) is 18.2 Å². The maximum atomic E-state index is 12.1. The lowest BCUT2D eigenvalue weighted by atomic mass is 9.81. The number of nitrogens with zero attached hydrogens (tertiary/aromatic N) is 1. The van der Waals surface area contributed by atoms with E-state index in [1.54, 1.807) is 0 Å². The summed E-state index contributed by atoms with van der Waals surface area (Å²) in [5.74, 6) is 1.000. The number of carbonyl (C=O) groups excluding carboxylic acids is 1. The zero-order valence-corrected chi connectivity index (χ0v) is 16.5. The van der Waals surface area contributed by atoms with Gasteiger partial charge in [-0.15, -0.1) is 24.8 Å². The molecule has 2 heterocycles. The Labute approximate surface area is 161 Å². The molecule has 0 saturated carbocycles. The molecule has 1 aromatic heterocycles. The van der Waals surface area contributed by atoms with Crippen LogP contribution in [0.3, 0.4) is 0 Å². The highest BCUT2D eigenvalue weighted by molar-refractivity contribution is 5.85. The minimum absolute atomic E-state index is 0. The maximum Gasteiger partial charge on any atom is 0.220 e. The molecule has 0 atom stereocenters. The van der Waals surface area contributed by atoms with Gasteiger partial charge in [-0.2, -0.15) is 0 Å². The van der Waals surface area contributed by atoms with E-state index in [1.165, 1.54) is 0 Å². The first kappa shape index (κ1) is 21.7. The number of amides is 1. The molecule has 5 nitrogen and oxygen atoms in total. The summed E-state index contributed by atoms with van der Waals surface area (Å²) in [7, 11) is 0. The van der Waals surface area contributed by atoms with Gasteiger partial charge in [0.25, 0.3) is 0 Å². The summed E-state index contributed by atoms with van der Waals surface area (Å²) in [6.45, 7) is 7.18. The number of piperidine rings is 1. The molecule has 7 heteroatoms. The number of fused-ring (bicyclic) bond motifs is 1. The molecule has 3 rings (SSSR count). The highest BCUT2D eigenvalue weighted by atomic mass is 35.5. The Kier molecular flexibility index (Phi) is 8.19. The van der Waals surface area contributed by atoms with Crippen LogP contribution in [0.2, 0.25) is 0 Å². The number of carbonyl (C=O) groups is 1. The molecule has 1 fully saturated rings. The Morgan fingerprint density at radius 2 is 2.00 bits per heavy atom. The number of aromatic amines is 1. The van der Waals surface area contributed by atoms with Crippen molar-refractivity contribution in [2.45, 2.75) is 39.5 Å². The van der Waals surface area contributed by atoms with Gasteiger partial charge in [0.1, 0.15) is 5.82 Å². The largest absolute Gasteiger partial charge is 0.356 e. The fourth-order valence-corrected chi connectivity index (χ4v) is 3.18. The van der Waals surface area contributed by atoms with Gasteiger partial charge in [-0.3, -0.25) is 4.79 Å². The molecule has 140 valence electrons. The summed E-state index contributed by atoms with van der Waals surface area (Å²) in [4.78, 5) is 20.0. The maximum absolute atomic E-state index is 12.1. The number of nitrogens with one attached hydrogen (secondary N) is 3. The lowest BCUT2D eigenvalue weighted by molar-refractivity contribution is -0.121. The van der Waals surface area contributed by atoms with Crippen LogP contribution in [0.5, 0.6) is 0 Å². The highest BCUT2D eigenvalue weighted by Crippen LogP contribution is 2.26. The second kappa shape index (κ2) is 9.41. The summed E-state index contributed by atoms with van der Waals surface area (Å²) in [5, 5.41) is 6.47. The number of rotatable bonds is 5. The summed E-state index contributed by atoms with van der Waals surface area (Å²) in [6.07, 6.45) is 3.37. The van der Waals surface area contributed by atoms with Crippen molar-refractivity contribution < 1.29 is 4.79 Å². The standard InChI is InChI=1S/C18H26N4O.2ClH/c1-13-4-3-5-14-17(13)22-15(21-14)6-7-16(23)20-12-18(2)8-10-19-11-9-18;;/h3-5,19H,6-12H2,1-2H3,(H,20,23)(H,21,22);2*1H. The van der Waals surface area contributed by atoms with E-state index >= 15 is 0 Å². The molecule has 1 aliphatic rings. The molecule has 1 aliphatic heterocycles. The van der Waals surface area contributed by atoms with E-state index in [0.29, 0.717) is 12.8 Å². The molecule has 1 aromatic carbocycles. The molecule has 0 bridgehead atoms. The quantitative estimate of drug-likeness (QED) is 0.738. The van der Waals surface area contributed by atoms with Crippen molar-refractivity contribution in [1.29, 1.82) is 0 Å². The highest BCUT2D eigenvalue weighted by Gasteiger charge is 2.26. The lowest BCUT2D eigenvalue weighted by Crippen LogP contribution is -2.42. The van der Waals surface area contributed by atoms with Gasteiger partial charge < -0.3 is 15.6 Å². The number of halogens is 2. The van der Waals surface area contributed by atoms with Crippen LogP contribution in [0.1, 0.15) is 37.6 Å². The molecule has 0 unspecified atom stereocenters. The van der Waals surface area contributed by atoms with Gasteiger partial charge in [0.2, 0.25) is 5.91 Å². The van der Waals surface area contributed by atoms with Crippen molar-refractivity contribution in [2.75, 3.05) is 19.6 Å². The van der Waals surface area contributed by atoms with Crippen molar-refractivity contribution in [3.63, 3.8) is 0 Å². The number of benzene rings is 1. The van der Waals surface area contributed by atoms with E-state index in [4.69, 9.17) is 0 Å². The van der Waals surface area contributed by atoms with E-state index < -0.39 is 0 Å². The number of para-hydroxylation sites is 1. The van der Waals surface area contributed by atoms with Crippen LogP contribution < -0.4 is 10.6 Å². The number of hydrogen-bond acceptors (Lipinski definition) is 3. The van der Waals surface area contributed by atoms with Crippen molar-refractivity contribution in [2.24, 2.45) is 5.41 Å². The Balaban J connectivity index is 0.00000156. The van der Waals surface area contributed by atoms with Crippen molar-refractivity contribution in [3.8, 4) is 0 Å². The second-order valence-corrected chi connectivity index (χ2v) is 6.99. The van der Waals surface area contributed by atoms with E-state index in [1.807, 2.05) is 12.1 Å². The number of aryl methyl sites for hydroxylation is 2. The molecule has 0 radical (unpaired) electrons. The van der Waals surface area contributed by atoms with Gasteiger partial charge in [0.05, 0.1) is 11.0 Å². The van der Waals surface area contributed by atoms with Crippen LogP contribution in [-0.2, 0) is 11.2 Å². The Morgan fingerprint density at radius 3 is 2.68 bits per heavy atom. The number of imidazole rings is 1. The molecule has 1 saturated heterocycles. The van der Waals surface area contributed by atoms with Gasteiger partial charge in [-0.25, -0.2) is 4.98 Å². The fraction of sp³-hybridized carbons (Fsp3) is 0.556. The number of aromatic nitrogens is 2. The minimum atomic E-state index is 0. The second-order valence-electron chi connectivity index (χ2n) is 6.99. The zero-order valence-electron chi connectivity index (χ0n) is 14.9. The van der Waals surface area contributed by atoms with E-state index in [2.05, 4.69) is 40.5 Å². The van der Waals surface area contributed by atoms with Crippen LogP contribution in [-0.4, -0.2) is 35.5 Å². The van der Waals surface area contributed by atoms with Crippen LogP contribution in [0.4, 0.5) is 0 Å². The number of hydrogen-bond donors (Lipinski definition) is 3. The molecule has 0 spiro atoms. The lowest BCUT2D eigenvalue weighted by Gasteiger charge is -2.34. The Bertz CT molecular complexity index is 695. The SMILES string of the molecule is Cc1cccc2[nH]c(CCC(=O)NCC3(C)CCNCC3)nc12.Cl.Cl. The molecule has 2 aromatic rings. The smallest absolute Gasteiger partial charge is 0.220 e. The monoisotopic (exact) mass is 386 g/mol. The predicted molar refractivity (Wildman–Crippen MR) is 107 cm³/mol. The normalized spacial score (nSPS) is 15.9. The molecule has 0 aliphatic carbocycles. The van der Waals surface area contributed by atoms with Gasteiger partial charge >= 0.3 is 0 Å². The average Bonchev–Trinajstić information content (AvgIpc) is 2.96. The van der Waals surface area contributed by atoms with Crippen LogP contribution >= 0.6 is 24.8 Å². The third kappa shape index (κ3) is 5.59. The minimum Gasteiger partial charge on any atom is -0.356 e. The molecule has 25 heavy (non-hydrogen) atoms. The first-order valence-corrected chi connectivity index (χ1v) is 8.47. The van der Waals surface area contributed by atoms with Gasteiger partial charge in [-0.05, 0) is 49.9 Å². The van der Waals surface area contributed by atoms with E-state index in [-0.39, 0.29) is 36.1 Å². The molecule has 1 amide bonds. The Morgan fingerprint density at radius 1 is 1.28 bits per heavy atom. The van der Waals surface area contributed by atoms with Gasteiger partial charge in [0.15, 0.2) is 0 Å². The Hall–Kier alpha value is -1.30. The third-order valence-corrected chi connectivity index (χ3v) is 4.88. The predicted octanol–water partition coefficient (Wildman–Crippen LogP) is 3.15. The van der Waals surface area contributed by atoms with Crippen molar-refractivity contribution >= 4 is 41.8 Å². The van der Waals surface area contributed by atoms with Crippen LogP contribution in [0, 0.1) is 12.3 Å². The molecular formula is C18H28Cl2N4O. The van der Waals surface area contributed by atoms with Crippen molar-refractivity contribution in [1.82, 2.24) is 20.6 Å². The zero-order chi connectivity index (χ0) is 16.3. The summed E-state index contributed by atoms with van der Waals surface area (Å²) >= 11 is 0. The van der Waals surface area contributed by atoms with Crippen molar-refractivity contribution in [3.05, 3.63) is 29.6 Å². The summed E-state index contributed by atoms with van der Waals surface area (Å²) in [6, 6.07) is 6.10. The topological polar surface area (TPSA) is 69.8 Å². The fourth-order valence-electron chi connectivity index (χ4n) is 3.18. The first-order chi connectivity index (χ1) is 11.1. The average molecular weight is 387 g/mol. The molecular weight excluding hydrogens is 359 g/mol. The summed E-state index contributed by atoms with van der Waals surface area (Å²) < 4.78 is 0. The van der Waals surface area contributed by atoms with Gasteiger partial charge in [-0.1, -0.05) is 19.1 Å². The van der Waals surface area contributed by atoms with E-state index in [0.717, 1.165) is 54.9 Å². The summed E-state index contributed by atoms with van der Waals surface area (Å²) in [5.41, 5.74) is 3.44. The molecule has 3 N–H and O–H groups in total. The van der Waals surface area contributed by atoms with Crippen LogP contribution in [0.25, 0.3) is 11.0 Å². The van der Waals surface area contributed by atoms with E-state index in [9.17, 15) is 4.79 Å². The first-order valence-electron chi connectivity index (χ1n) is 8.47. The van der Waals surface area contributed by atoms with Gasteiger partial charge in [0, 0.05) is 19.4 Å². The third-order valence-electron chi connectivity index (χ3n) is 4.88.